The summed E-state index contributed by atoms with van der Waals surface area (Å²) in [5.74, 6) is 0.0459. The van der Waals surface area contributed by atoms with E-state index in [4.69, 9.17) is 16.9 Å². The highest BCUT2D eigenvalue weighted by molar-refractivity contribution is 6.32. The second kappa shape index (κ2) is 5.70. The summed E-state index contributed by atoms with van der Waals surface area (Å²) in [5, 5.41) is 12.0. The van der Waals surface area contributed by atoms with Crippen molar-refractivity contribution in [2.75, 3.05) is 5.32 Å². The molecule has 0 saturated heterocycles. The van der Waals surface area contributed by atoms with E-state index in [1.54, 1.807) is 18.2 Å². The number of rotatable bonds is 2. The molecule has 3 nitrogen and oxygen atoms in total. The standard InChI is InChI=1S/C14H13ClN2O/c15-13-8-12(7-6-11(13)9-16)17-14(18)10-4-2-1-3-5-10/h1-2,6-8,10H,3-5H2,(H,17,18)/t10-/m0/s1. The number of carbonyl (C=O) groups excluding carboxylic acids is 1. The van der Waals surface area contributed by atoms with Gasteiger partial charge in [-0.25, -0.2) is 0 Å². The number of allylic oxidation sites excluding steroid dienone is 2. The van der Waals surface area contributed by atoms with Crippen LogP contribution in [-0.4, -0.2) is 5.91 Å². The topological polar surface area (TPSA) is 52.9 Å². The van der Waals surface area contributed by atoms with E-state index >= 15 is 0 Å². The van der Waals surface area contributed by atoms with Gasteiger partial charge in [-0.05, 0) is 37.5 Å². The van der Waals surface area contributed by atoms with Crippen LogP contribution in [-0.2, 0) is 4.79 Å². The molecule has 1 amide bonds. The van der Waals surface area contributed by atoms with Gasteiger partial charge in [0.25, 0.3) is 0 Å². The SMILES string of the molecule is N#Cc1ccc(NC(=O)[C@H]2CC=CCC2)cc1Cl. The smallest absolute Gasteiger partial charge is 0.227 e. The quantitative estimate of drug-likeness (QED) is 0.828. The van der Waals surface area contributed by atoms with E-state index in [2.05, 4.69) is 11.4 Å². The van der Waals surface area contributed by atoms with E-state index in [-0.39, 0.29) is 11.8 Å². The Hall–Kier alpha value is -1.79. The summed E-state index contributed by atoms with van der Waals surface area (Å²) < 4.78 is 0. The van der Waals surface area contributed by atoms with E-state index in [1.165, 1.54) is 0 Å². The molecule has 0 bridgehead atoms. The number of hydrogen-bond acceptors (Lipinski definition) is 2. The van der Waals surface area contributed by atoms with Gasteiger partial charge >= 0.3 is 0 Å². The fourth-order valence-electron chi connectivity index (χ4n) is 1.96. The summed E-state index contributed by atoms with van der Waals surface area (Å²) in [6, 6.07) is 6.90. The minimum atomic E-state index is 0.0140. The zero-order valence-electron chi connectivity index (χ0n) is 9.82. The van der Waals surface area contributed by atoms with Gasteiger partial charge < -0.3 is 5.32 Å². The Bertz CT molecular complexity index is 531. The third kappa shape index (κ3) is 2.91. The number of benzene rings is 1. The van der Waals surface area contributed by atoms with Crippen molar-refractivity contribution in [1.29, 1.82) is 5.26 Å². The van der Waals surface area contributed by atoms with Crippen molar-refractivity contribution >= 4 is 23.2 Å². The highest BCUT2D eigenvalue weighted by Gasteiger charge is 2.18. The van der Waals surface area contributed by atoms with Gasteiger partial charge in [-0.3, -0.25) is 4.79 Å². The average molecular weight is 261 g/mol. The van der Waals surface area contributed by atoms with E-state index in [9.17, 15) is 4.79 Å². The van der Waals surface area contributed by atoms with Crippen LogP contribution in [0.1, 0.15) is 24.8 Å². The predicted octanol–water partition coefficient (Wildman–Crippen LogP) is 3.51. The molecule has 92 valence electrons. The lowest BCUT2D eigenvalue weighted by atomic mass is 9.93. The fourth-order valence-corrected chi connectivity index (χ4v) is 2.18. The van der Waals surface area contributed by atoms with Crippen LogP contribution in [0.4, 0.5) is 5.69 Å². The lowest BCUT2D eigenvalue weighted by Gasteiger charge is -2.17. The Labute approximate surface area is 111 Å². The first-order chi connectivity index (χ1) is 8.70. The number of halogens is 1. The van der Waals surface area contributed by atoms with Crippen molar-refractivity contribution in [1.82, 2.24) is 0 Å². The molecule has 0 saturated carbocycles. The maximum atomic E-state index is 12.0. The van der Waals surface area contributed by atoms with Crippen LogP contribution >= 0.6 is 11.6 Å². The number of nitrogens with zero attached hydrogens (tertiary/aromatic N) is 1. The first kappa shape index (κ1) is 12.7. The van der Waals surface area contributed by atoms with Crippen molar-refractivity contribution in [2.24, 2.45) is 5.92 Å². The Kier molecular flexibility index (Phi) is 4.01. The molecule has 1 aliphatic carbocycles. The van der Waals surface area contributed by atoms with Gasteiger partial charge in [0.05, 0.1) is 10.6 Å². The summed E-state index contributed by atoms with van der Waals surface area (Å²) in [7, 11) is 0. The molecule has 1 N–H and O–H groups in total. The van der Waals surface area contributed by atoms with Crippen LogP contribution in [0.25, 0.3) is 0 Å². The number of anilines is 1. The summed E-state index contributed by atoms with van der Waals surface area (Å²) in [4.78, 5) is 12.0. The lowest BCUT2D eigenvalue weighted by Crippen LogP contribution is -2.23. The number of nitriles is 1. The van der Waals surface area contributed by atoms with Crippen LogP contribution in [0.2, 0.25) is 5.02 Å². The molecular weight excluding hydrogens is 248 g/mol. The minimum absolute atomic E-state index is 0.0140. The Balaban J connectivity index is 2.05. The monoisotopic (exact) mass is 260 g/mol. The molecular formula is C14H13ClN2O. The van der Waals surface area contributed by atoms with E-state index in [0.29, 0.717) is 16.3 Å². The Morgan fingerprint density at radius 2 is 2.28 bits per heavy atom. The van der Waals surface area contributed by atoms with E-state index in [1.807, 2.05) is 12.1 Å². The van der Waals surface area contributed by atoms with Crippen molar-refractivity contribution in [3.05, 3.63) is 40.9 Å². The number of amides is 1. The molecule has 0 heterocycles. The highest BCUT2D eigenvalue weighted by atomic mass is 35.5. The van der Waals surface area contributed by atoms with Gasteiger partial charge in [-0.2, -0.15) is 5.26 Å². The van der Waals surface area contributed by atoms with Crippen molar-refractivity contribution < 1.29 is 4.79 Å². The molecule has 0 spiro atoms. The van der Waals surface area contributed by atoms with Gasteiger partial charge in [-0.15, -0.1) is 0 Å². The van der Waals surface area contributed by atoms with Gasteiger partial charge in [0, 0.05) is 11.6 Å². The summed E-state index contributed by atoms with van der Waals surface area (Å²) >= 11 is 5.91. The molecule has 1 aromatic carbocycles. The molecule has 2 rings (SSSR count). The van der Waals surface area contributed by atoms with Crippen LogP contribution < -0.4 is 5.32 Å². The van der Waals surface area contributed by atoms with Gasteiger partial charge in [0.2, 0.25) is 5.91 Å². The zero-order chi connectivity index (χ0) is 13.0. The first-order valence-corrected chi connectivity index (χ1v) is 6.24. The third-order valence-electron chi connectivity index (χ3n) is 3.00. The average Bonchev–Trinajstić information content (AvgIpc) is 2.40. The molecule has 1 aliphatic rings. The van der Waals surface area contributed by atoms with Crippen LogP contribution in [0.15, 0.2) is 30.4 Å². The lowest BCUT2D eigenvalue weighted by molar-refractivity contribution is -0.120. The number of carbonyl (C=O) groups is 1. The van der Waals surface area contributed by atoms with Gasteiger partial charge in [0.1, 0.15) is 6.07 Å². The number of hydrogen-bond donors (Lipinski definition) is 1. The molecule has 4 heteroatoms. The second-order valence-electron chi connectivity index (χ2n) is 4.28. The third-order valence-corrected chi connectivity index (χ3v) is 3.31. The van der Waals surface area contributed by atoms with Crippen LogP contribution in [0.5, 0.6) is 0 Å². The predicted molar refractivity (Wildman–Crippen MR) is 71.3 cm³/mol. The number of nitrogens with one attached hydrogen (secondary N) is 1. The molecule has 1 atom stereocenters. The Morgan fingerprint density at radius 1 is 1.44 bits per heavy atom. The molecule has 0 radical (unpaired) electrons. The molecule has 1 aromatic rings. The van der Waals surface area contributed by atoms with Crippen molar-refractivity contribution in [2.45, 2.75) is 19.3 Å². The molecule has 0 unspecified atom stereocenters. The fraction of sp³-hybridized carbons (Fsp3) is 0.286. The molecule has 18 heavy (non-hydrogen) atoms. The first-order valence-electron chi connectivity index (χ1n) is 5.86. The van der Waals surface area contributed by atoms with Crippen molar-refractivity contribution in [3.8, 4) is 6.07 Å². The summed E-state index contributed by atoms with van der Waals surface area (Å²) in [5.41, 5.74) is 1.05. The van der Waals surface area contributed by atoms with Crippen LogP contribution in [0, 0.1) is 17.2 Å². The van der Waals surface area contributed by atoms with E-state index in [0.717, 1.165) is 19.3 Å². The molecule has 0 aromatic heterocycles. The van der Waals surface area contributed by atoms with Crippen molar-refractivity contribution in [3.63, 3.8) is 0 Å². The summed E-state index contributed by atoms with van der Waals surface area (Å²) in [6.07, 6.45) is 6.76. The molecule has 0 fully saturated rings. The van der Waals surface area contributed by atoms with E-state index < -0.39 is 0 Å². The maximum absolute atomic E-state index is 12.0. The van der Waals surface area contributed by atoms with Gasteiger partial charge in [-0.1, -0.05) is 23.8 Å². The highest BCUT2D eigenvalue weighted by Crippen LogP contribution is 2.23. The summed E-state index contributed by atoms with van der Waals surface area (Å²) in [6.45, 7) is 0. The van der Waals surface area contributed by atoms with Gasteiger partial charge in [0.15, 0.2) is 0 Å². The zero-order valence-corrected chi connectivity index (χ0v) is 10.6. The van der Waals surface area contributed by atoms with Crippen LogP contribution in [0.3, 0.4) is 0 Å². The molecule has 0 aliphatic heterocycles. The normalized spacial score (nSPS) is 18.1. The second-order valence-corrected chi connectivity index (χ2v) is 4.68. The largest absolute Gasteiger partial charge is 0.326 e. The maximum Gasteiger partial charge on any atom is 0.227 e. The minimum Gasteiger partial charge on any atom is -0.326 e. The Morgan fingerprint density at radius 3 is 2.89 bits per heavy atom.